The monoisotopic (exact) mass is 327 g/mol. The molecule has 6 heteroatoms. The van der Waals surface area contributed by atoms with Crippen LogP contribution in [-0.4, -0.2) is 29.6 Å². The number of halogens is 1. The number of carbonyl (C=O) groups excluding carboxylic acids is 1. The Kier molecular flexibility index (Phi) is 4.09. The van der Waals surface area contributed by atoms with E-state index in [0.29, 0.717) is 12.2 Å². The van der Waals surface area contributed by atoms with E-state index in [9.17, 15) is 9.59 Å². The molecule has 0 fully saturated rings. The third-order valence-electron chi connectivity index (χ3n) is 3.09. The lowest BCUT2D eigenvalue weighted by atomic mass is 10.00. The van der Waals surface area contributed by atoms with Crippen molar-refractivity contribution in [2.75, 3.05) is 6.61 Å². The third kappa shape index (κ3) is 2.89. The molecule has 1 amide bonds. The van der Waals surface area contributed by atoms with Gasteiger partial charge in [-0.1, -0.05) is 22.9 Å². The molecule has 0 saturated carbocycles. The van der Waals surface area contributed by atoms with Gasteiger partial charge in [-0.2, -0.15) is 0 Å². The molecule has 0 spiro atoms. The molecule has 2 atom stereocenters. The first kappa shape index (κ1) is 13.9. The van der Waals surface area contributed by atoms with Gasteiger partial charge in [-0.15, -0.1) is 0 Å². The fourth-order valence-corrected chi connectivity index (χ4v) is 2.39. The highest BCUT2D eigenvalue weighted by Crippen LogP contribution is 2.35. The smallest absolute Gasteiger partial charge is 0.326 e. The van der Waals surface area contributed by atoms with E-state index in [1.54, 1.807) is 13.0 Å². The minimum atomic E-state index is -1.02. The molecule has 0 aliphatic carbocycles. The molecule has 2 N–H and O–H groups in total. The fourth-order valence-electron chi connectivity index (χ4n) is 2.01. The molecule has 1 aromatic carbocycles. The van der Waals surface area contributed by atoms with Crippen LogP contribution < -0.4 is 10.1 Å². The first-order valence-corrected chi connectivity index (χ1v) is 6.77. The second kappa shape index (κ2) is 5.61. The van der Waals surface area contributed by atoms with Crippen LogP contribution >= 0.6 is 15.9 Å². The van der Waals surface area contributed by atoms with Gasteiger partial charge in [0.25, 0.3) is 0 Å². The van der Waals surface area contributed by atoms with Crippen LogP contribution in [0.5, 0.6) is 5.75 Å². The maximum Gasteiger partial charge on any atom is 0.326 e. The predicted octanol–water partition coefficient (Wildman–Crippen LogP) is 1.90. The molecule has 0 aromatic heterocycles. The number of hydrogen-bond acceptors (Lipinski definition) is 3. The average molecular weight is 328 g/mol. The van der Waals surface area contributed by atoms with Crippen molar-refractivity contribution in [3.8, 4) is 5.75 Å². The molecule has 1 aliphatic heterocycles. The molecule has 5 nitrogen and oxygen atoms in total. The minimum Gasteiger partial charge on any atom is -0.492 e. The number of carbonyl (C=O) groups is 2. The molecule has 102 valence electrons. The molecule has 2 unspecified atom stereocenters. The second-order valence-electron chi connectivity index (χ2n) is 4.35. The number of ether oxygens (including phenoxy) is 1. The number of benzene rings is 1. The Labute approximate surface area is 119 Å². The molecular weight excluding hydrogens is 314 g/mol. The maximum absolute atomic E-state index is 12.1. The van der Waals surface area contributed by atoms with Crippen molar-refractivity contribution in [1.82, 2.24) is 5.32 Å². The first-order valence-electron chi connectivity index (χ1n) is 5.98. The van der Waals surface area contributed by atoms with Gasteiger partial charge in [0, 0.05) is 10.0 Å². The zero-order valence-corrected chi connectivity index (χ0v) is 11.9. The normalized spacial score (nSPS) is 18.3. The summed E-state index contributed by atoms with van der Waals surface area (Å²) in [5.41, 5.74) is 0.784. The lowest BCUT2D eigenvalue weighted by Gasteiger charge is -2.15. The summed E-state index contributed by atoms with van der Waals surface area (Å²) >= 11 is 3.35. The number of carboxylic acid groups (broad SMARTS) is 1. The summed E-state index contributed by atoms with van der Waals surface area (Å²) in [6.45, 7) is 1.96. The lowest BCUT2D eigenvalue weighted by Crippen LogP contribution is -2.42. The number of nitrogens with one attached hydrogen (secondary N) is 1. The SMILES string of the molecule is CCC(NC(=O)C1COc2ccc(Br)cc21)C(=O)O. The van der Waals surface area contributed by atoms with Crippen molar-refractivity contribution >= 4 is 27.8 Å². The van der Waals surface area contributed by atoms with Crippen LogP contribution in [0.2, 0.25) is 0 Å². The van der Waals surface area contributed by atoms with Crippen LogP contribution in [0, 0.1) is 0 Å². The van der Waals surface area contributed by atoms with Crippen molar-refractivity contribution in [3.05, 3.63) is 28.2 Å². The van der Waals surface area contributed by atoms with Crippen LogP contribution in [-0.2, 0) is 9.59 Å². The first-order chi connectivity index (χ1) is 9.02. The van der Waals surface area contributed by atoms with E-state index in [0.717, 1.165) is 10.0 Å². The highest BCUT2D eigenvalue weighted by Gasteiger charge is 2.32. The van der Waals surface area contributed by atoms with Crippen molar-refractivity contribution in [1.29, 1.82) is 0 Å². The van der Waals surface area contributed by atoms with Gasteiger partial charge in [0.05, 0.1) is 0 Å². The topological polar surface area (TPSA) is 75.6 Å². The summed E-state index contributed by atoms with van der Waals surface area (Å²) in [6.07, 6.45) is 0.347. The summed E-state index contributed by atoms with van der Waals surface area (Å²) in [7, 11) is 0. The van der Waals surface area contributed by atoms with E-state index in [1.807, 2.05) is 12.1 Å². The number of hydrogen-bond donors (Lipinski definition) is 2. The van der Waals surface area contributed by atoms with E-state index >= 15 is 0 Å². The summed E-state index contributed by atoms with van der Waals surface area (Å²) in [5, 5.41) is 11.5. The van der Waals surface area contributed by atoms with Gasteiger partial charge in [0.1, 0.15) is 24.3 Å². The van der Waals surface area contributed by atoms with E-state index in [4.69, 9.17) is 9.84 Å². The maximum atomic E-state index is 12.1. The van der Waals surface area contributed by atoms with Crippen LogP contribution in [0.25, 0.3) is 0 Å². The number of aliphatic carboxylic acids is 1. The molecule has 1 aromatic rings. The van der Waals surface area contributed by atoms with Crippen LogP contribution in [0.1, 0.15) is 24.8 Å². The van der Waals surface area contributed by atoms with E-state index in [1.165, 1.54) is 0 Å². The number of amides is 1. The van der Waals surface area contributed by atoms with Gasteiger partial charge in [0.15, 0.2) is 0 Å². The molecule has 0 bridgehead atoms. The molecule has 0 saturated heterocycles. The zero-order valence-electron chi connectivity index (χ0n) is 10.4. The average Bonchev–Trinajstić information content (AvgIpc) is 2.78. The van der Waals surface area contributed by atoms with Gasteiger partial charge in [0.2, 0.25) is 5.91 Å². The Bertz CT molecular complexity index is 517. The van der Waals surface area contributed by atoms with Crippen molar-refractivity contribution in [2.45, 2.75) is 25.3 Å². The van der Waals surface area contributed by atoms with Crippen LogP contribution in [0.4, 0.5) is 0 Å². The zero-order chi connectivity index (χ0) is 14.0. The molecular formula is C13H14BrNO4. The van der Waals surface area contributed by atoms with Crippen molar-refractivity contribution in [2.24, 2.45) is 0 Å². The van der Waals surface area contributed by atoms with Gasteiger partial charge >= 0.3 is 5.97 Å². The van der Waals surface area contributed by atoms with Gasteiger partial charge in [-0.05, 0) is 24.6 Å². The Morgan fingerprint density at radius 1 is 1.58 bits per heavy atom. The molecule has 1 aliphatic rings. The Hall–Kier alpha value is -1.56. The molecule has 1 heterocycles. The molecule has 19 heavy (non-hydrogen) atoms. The van der Waals surface area contributed by atoms with Gasteiger partial charge < -0.3 is 15.2 Å². The van der Waals surface area contributed by atoms with E-state index in [-0.39, 0.29) is 12.5 Å². The number of fused-ring (bicyclic) bond motifs is 1. The van der Waals surface area contributed by atoms with E-state index in [2.05, 4.69) is 21.2 Å². The highest BCUT2D eigenvalue weighted by atomic mass is 79.9. The summed E-state index contributed by atoms with van der Waals surface area (Å²) < 4.78 is 6.29. The third-order valence-corrected chi connectivity index (χ3v) is 3.59. The predicted molar refractivity (Wildman–Crippen MR) is 72.2 cm³/mol. The fraction of sp³-hybridized carbons (Fsp3) is 0.385. The Balaban J connectivity index is 2.15. The minimum absolute atomic E-state index is 0.244. The largest absolute Gasteiger partial charge is 0.492 e. The molecule has 2 rings (SSSR count). The second-order valence-corrected chi connectivity index (χ2v) is 5.27. The summed E-state index contributed by atoms with van der Waals surface area (Å²) in [5.74, 6) is -1.12. The van der Waals surface area contributed by atoms with Crippen molar-refractivity contribution in [3.63, 3.8) is 0 Å². The van der Waals surface area contributed by atoms with Crippen LogP contribution in [0.3, 0.4) is 0 Å². The standard InChI is InChI=1S/C13H14BrNO4/c1-2-10(13(17)18)15-12(16)9-6-19-11-4-3-7(14)5-8(9)11/h3-5,9-10H,2,6H2,1H3,(H,15,16)(H,17,18). The van der Waals surface area contributed by atoms with E-state index < -0.39 is 17.9 Å². The Morgan fingerprint density at radius 3 is 2.95 bits per heavy atom. The Morgan fingerprint density at radius 2 is 2.32 bits per heavy atom. The summed E-state index contributed by atoms with van der Waals surface area (Å²) in [6, 6.07) is 4.60. The summed E-state index contributed by atoms with van der Waals surface area (Å²) in [4.78, 5) is 23.1. The highest BCUT2D eigenvalue weighted by molar-refractivity contribution is 9.10. The lowest BCUT2D eigenvalue weighted by molar-refractivity contribution is -0.142. The van der Waals surface area contributed by atoms with Gasteiger partial charge in [-0.3, -0.25) is 4.79 Å². The quantitative estimate of drug-likeness (QED) is 0.885. The number of carboxylic acids is 1. The van der Waals surface area contributed by atoms with Crippen LogP contribution in [0.15, 0.2) is 22.7 Å². The van der Waals surface area contributed by atoms with Crippen molar-refractivity contribution < 1.29 is 19.4 Å². The number of rotatable bonds is 4. The van der Waals surface area contributed by atoms with Gasteiger partial charge in [-0.25, -0.2) is 4.79 Å². The molecule has 0 radical (unpaired) electrons.